The minimum atomic E-state index is -3.61. The van der Waals surface area contributed by atoms with Gasteiger partial charge >= 0.3 is 0 Å². The number of hydrogen-bond donors (Lipinski definition) is 0. The average Bonchev–Trinajstić information content (AvgIpc) is 2.65. The molecule has 144 valence electrons. The van der Waals surface area contributed by atoms with Crippen molar-refractivity contribution < 1.29 is 13.2 Å². The van der Waals surface area contributed by atoms with E-state index in [9.17, 15) is 13.2 Å². The number of hydrogen-bond acceptors (Lipinski definition) is 3. The topological polar surface area (TPSA) is 57.7 Å². The third kappa shape index (κ3) is 4.74. The molecular weight excluding hydrogens is 348 g/mol. The van der Waals surface area contributed by atoms with Crippen LogP contribution in [0.1, 0.15) is 56.3 Å². The van der Waals surface area contributed by atoms with Gasteiger partial charge in [-0.15, -0.1) is 0 Å². The van der Waals surface area contributed by atoms with E-state index in [-0.39, 0.29) is 16.8 Å². The number of nitrogens with zero attached hydrogens (tertiary/aromatic N) is 2. The number of amides is 1. The smallest absolute Gasteiger partial charge is 0.254 e. The largest absolute Gasteiger partial charge is 0.335 e. The molecule has 0 unspecified atom stereocenters. The van der Waals surface area contributed by atoms with Crippen LogP contribution in [0.4, 0.5) is 0 Å². The highest BCUT2D eigenvalue weighted by molar-refractivity contribution is 7.89. The van der Waals surface area contributed by atoms with E-state index >= 15 is 0 Å². The Morgan fingerprint density at radius 2 is 1.88 bits per heavy atom. The maximum absolute atomic E-state index is 13.0. The maximum Gasteiger partial charge on any atom is 0.254 e. The molecule has 0 aromatic heterocycles. The molecule has 1 fully saturated rings. The lowest BCUT2D eigenvalue weighted by Gasteiger charge is -2.30. The van der Waals surface area contributed by atoms with Crippen LogP contribution in [0.15, 0.2) is 41.3 Å². The van der Waals surface area contributed by atoms with Gasteiger partial charge in [0, 0.05) is 31.7 Å². The first-order chi connectivity index (χ1) is 12.3. The molecule has 0 radical (unpaired) electrons. The second-order valence-corrected chi connectivity index (χ2v) is 9.11. The molecule has 1 aromatic carbocycles. The van der Waals surface area contributed by atoms with Crippen LogP contribution in [0.25, 0.3) is 0 Å². The first kappa shape index (κ1) is 20.6. The number of sulfonamides is 1. The monoisotopic (exact) mass is 378 g/mol. The molecule has 0 N–H and O–H groups in total. The Morgan fingerprint density at radius 1 is 1.23 bits per heavy atom. The molecular formula is C20H30N2O3S. The Morgan fingerprint density at radius 3 is 2.46 bits per heavy atom. The molecule has 1 aliphatic rings. The fourth-order valence-corrected chi connectivity index (χ4v) is 4.89. The molecule has 0 atom stereocenters. The van der Waals surface area contributed by atoms with Gasteiger partial charge in [-0.05, 0) is 44.9 Å². The van der Waals surface area contributed by atoms with Crippen LogP contribution < -0.4 is 0 Å². The van der Waals surface area contributed by atoms with Crippen molar-refractivity contribution in [3.63, 3.8) is 0 Å². The van der Waals surface area contributed by atoms with Gasteiger partial charge in [0.05, 0.1) is 4.90 Å². The van der Waals surface area contributed by atoms with E-state index in [0.717, 1.165) is 31.3 Å². The number of carbonyl (C=O) groups is 1. The summed E-state index contributed by atoms with van der Waals surface area (Å²) < 4.78 is 27.5. The number of rotatable bonds is 7. The zero-order valence-corrected chi connectivity index (χ0v) is 16.9. The SMILES string of the molecule is C=C(C)CN(CC)C(=O)c1cccc(S(=O)(=O)N(C)C2CCCCC2)c1. The summed E-state index contributed by atoms with van der Waals surface area (Å²) in [5, 5.41) is 0. The first-order valence-electron chi connectivity index (χ1n) is 9.29. The van der Waals surface area contributed by atoms with Crippen molar-refractivity contribution >= 4 is 15.9 Å². The van der Waals surface area contributed by atoms with Crippen LogP contribution in [0.5, 0.6) is 0 Å². The molecule has 1 amide bonds. The lowest BCUT2D eigenvalue weighted by Crippen LogP contribution is -2.38. The average molecular weight is 379 g/mol. The molecule has 0 spiro atoms. The van der Waals surface area contributed by atoms with Crippen molar-refractivity contribution in [1.82, 2.24) is 9.21 Å². The zero-order valence-electron chi connectivity index (χ0n) is 16.1. The zero-order chi connectivity index (χ0) is 19.3. The molecule has 0 aliphatic heterocycles. The highest BCUT2D eigenvalue weighted by Gasteiger charge is 2.29. The lowest BCUT2D eigenvalue weighted by atomic mass is 9.96. The molecule has 6 heteroatoms. The van der Waals surface area contributed by atoms with Gasteiger partial charge in [-0.1, -0.05) is 37.5 Å². The number of likely N-dealkylation sites (N-methyl/N-ethyl adjacent to an activating group) is 1. The molecule has 26 heavy (non-hydrogen) atoms. The maximum atomic E-state index is 13.0. The Bertz CT molecular complexity index is 752. The van der Waals surface area contributed by atoms with Gasteiger partial charge in [0.1, 0.15) is 0 Å². The van der Waals surface area contributed by atoms with Crippen molar-refractivity contribution in [3.05, 3.63) is 42.0 Å². The van der Waals surface area contributed by atoms with Crippen LogP contribution in [-0.2, 0) is 10.0 Å². The van der Waals surface area contributed by atoms with Crippen molar-refractivity contribution in [3.8, 4) is 0 Å². The fourth-order valence-electron chi connectivity index (χ4n) is 3.43. The van der Waals surface area contributed by atoms with E-state index in [0.29, 0.717) is 18.7 Å². The molecule has 1 saturated carbocycles. The molecule has 1 aromatic rings. The molecule has 5 nitrogen and oxygen atoms in total. The lowest BCUT2D eigenvalue weighted by molar-refractivity contribution is 0.0778. The summed E-state index contributed by atoms with van der Waals surface area (Å²) in [6.45, 7) is 8.64. The minimum absolute atomic E-state index is 0.0451. The van der Waals surface area contributed by atoms with E-state index in [2.05, 4.69) is 6.58 Å². The van der Waals surface area contributed by atoms with Crippen LogP contribution in [0.2, 0.25) is 0 Å². The summed E-state index contributed by atoms with van der Waals surface area (Å²) in [6.07, 6.45) is 5.10. The highest BCUT2D eigenvalue weighted by atomic mass is 32.2. The quantitative estimate of drug-likeness (QED) is 0.680. The van der Waals surface area contributed by atoms with Crippen molar-refractivity contribution in [2.45, 2.75) is 56.9 Å². The fraction of sp³-hybridized carbons (Fsp3) is 0.550. The molecule has 0 saturated heterocycles. The van der Waals surface area contributed by atoms with E-state index < -0.39 is 10.0 Å². The summed E-state index contributed by atoms with van der Waals surface area (Å²) in [5.41, 5.74) is 1.28. The summed E-state index contributed by atoms with van der Waals surface area (Å²) in [5.74, 6) is -0.173. The predicted molar refractivity (Wildman–Crippen MR) is 105 cm³/mol. The summed E-state index contributed by atoms with van der Waals surface area (Å²) in [7, 11) is -1.95. The van der Waals surface area contributed by atoms with E-state index in [1.165, 1.54) is 16.8 Å². The Labute approximate surface area is 157 Å². The van der Waals surface area contributed by atoms with Crippen LogP contribution >= 0.6 is 0 Å². The molecule has 0 heterocycles. The van der Waals surface area contributed by atoms with Crippen LogP contribution in [-0.4, -0.2) is 49.7 Å². The number of benzene rings is 1. The highest BCUT2D eigenvalue weighted by Crippen LogP contribution is 2.27. The Hall–Kier alpha value is -1.66. The first-order valence-corrected chi connectivity index (χ1v) is 10.7. The molecule has 0 bridgehead atoms. The van der Waals surface area contributed by atoms with Gasteiger partial charge in [-0.25, -0.2) is 8.42 Å². The van der Waals surface area contributed by atoms with Gasteiger partial charge < -0.3 is 4.90 Å². The van der Waals surface area contributed by atoms with Gasteiger partial charge in [-0.2, -0.15) is 4.31 Å². The molecule has 2 rings (SSSR count). The predicted octanol–water partition coefficient (Wildman–Crippen LogP) is 3.68. The van der Waals surface area contributed by atoms with Crippen molar-refractivity contribution in [2.75, 3.05) is 20.1 Å². The van der Waals surface area contributed by atoms with Gasteiger partial charge in [0.2, 0.25) is 10.0 Å². The van der Waals surface area contributed by atoms with E-state index in [1.54, 1.807) is 30.1 Å². The van der Waals surface area contributed by atoms with Gasteiger partial charge in [0.25, 0.3) is 5.91 Å². The van der Waals surface area contributed by atoms with Gasteiger partial charge in [-0.3, -0.25) is 4.79 Å². The molecule has 1 aliphatic carbocycles. The second-order valence-electron chi connectivity index (χ2n) is 7.12. The Kier molecular flexibility index (Phi) is 7.01. The van der Waals surface area contributed by atoms with E-state index in [4.69, 9.17) is 0 Å². The van der Waals surface area contributed by atoms with Crippen LogP contribution in [0, 0.1) is 0 Å². The third-order valence-corrected chi connectivity index (χ3v) is 6.88. The minimum Gasteiger partial charge on any atom is -0.335 e. The standard InChI is InChI=1S/C20H30N2O3S/c1-5-22(15-16(2)3)20(23)17-10-9-13-19(14-17)26(24,25)21(4)18-11-7-6-8-12-18/h9-10,13-14,18H,2,5-8,11-12,15H2,1,3-4H3. The van der Waals surface area contributed by atoms with Crippen molar-refractivity contribution in [2.24, 2.45) is 0 Å². The normalized spacial score (nSPS) is 15.8. The second kappa shape index (κ2) is 8.82. The van der Waals surface area contributed by atoms with Crippen molar-refractivity contribution in [1.29, 1.82) is 0 Å². The number of carbonyl (C=O) groups excluding carboxylic acids is 1. The van der Waals surface area contributed by atoms with Gasteiger partial charge in [0.15, 0.2) is 0 Å². The van der Waals surface area contributed by atoms with E-state index in [1.807, 2.05) is 13.8 Å². The third-order valence-electron chi connectivity index (χ3n) is 4.98. The van der Waals surface area contributed by atoms with Crippen LogP contribution in [0.3, 0.4) is 0 Å². The Balaban J connectivity index is 2.26. The summed E-state index contributed by atoms with van der Waals surface area (Å²) in [4.78, 5) is 14.6. The summed E-state index contributed by atoms with van der Waals surface area (Å²) >= 11 is 0. The summed E-state index contributed by atoms with van der Waals surface area (Å²) in [6, 6.07) is 6.43.